The van der Waals surface area contributed by atoms with Gasteiger partial charge in [-0.1, -0.05) is 11.8 Å². The van der Waals surface area contributed by atoms with Gasteiger partial charge in [0.1, 0.15) is 11.6 Å². The van der Waals surface area contributed by atoms with Gasteiger partial charge in [0.25, 0.3) is 0 Å². The summed E-state index contributed by atoms with van der Waals surface area (Å²) >= 11 is 1.07. The van der Waals surface area contributed by atoms with Crippen molar-refractivity contribution in [2.75, 3.05) is 6.54 Å². The zero-order valence-electron chi connectivity index (χ0n) is 11.5. The molecule has 1 heterocycles. The highest BCUT2D eigenvalue weighted by atomic mass is 32.2. The van der Waals surface area contributed by atoms with Gasteiger partial charge >= 0.3 is 12.1 Å². The van der Waals surface area contributed by atoms with Crippen LogP contribution in [0.3, 0.4) is 0 Å². The van der Waals surface area contributed by atoms with E-state index in [1.54, 1.807) is 20.8 Å². The number of aliphatic carboxylic acids is 1. The summed E-state index contributed by atoms with van der Waals surface area (Å²) in [5.74, 6) is -1.07. The fourth-order valence-corrected chi connectivity index (χ4v) is 2.86. The number of hydrogen-bond donors (Lipinski definition) is 1. The van der Waals surface area contributed by atoms with E-state index in [0.717, 1.165) is 11.8 Å². The minimum Gasteiger partial charge on any atom is -0.480 e. The van der Waals surface area contributed by atoms with E-state index in [2.05, 4.69) is 0 Å². The van der Waals surface area contributed by atoms with Crippen molar-refractivity contribution >= 4 is 28.9 Å². The lowest BCUT2D eigenvalue weighted by Gasteiger charge is -2.26. The van der Waals surface area contributed by atoms with E-state index in [0.29, 0.717) is 0 Å². The molecular formula is C12H19NO5S. The van der Waals surface area contributed by atoms with Gasteiger partial charge < -0.3 is 9.84 Å². The standard InChI is InChI=1S/C12H19NO5S/c1-7(14)19-8-5-9(10(15)16)13(6-8)11(17)18-12(2,3)4/h8-9H,5-6H2,1-4H3,(H,15,16)/t8-,9-/m1/s1. The predicted molar refractivity (Wildman–Crippen MR) is 71.0 cm³/mol. The minimum atomic E-state index is -1.07. The number of amides is 1. The second-order valence-corrected chi connectivity index (χ2v) is 6.93. The van der Waals surface area contributed by atoms with Crippen LogP contribution in [0.2, 0.25) is 0 Å². The molecule has 0 aliphatic carbocycles. The number of carboxylic acid groups (broad SMARTS) is 1. The molecular weight excluding hydrogens is 270 g/mol. The zero-order chi connectivity index (χ0) is 14.8. The van der Waals surface area contributed by atoms with Gasteiger partial charge in [0.15, 0.2) is 5.12 Å². The lowest BCUT2D eigenvalue weighted by Crippen LogP contribution is -2.43. The Bertz CT molecular complexity index is 390. The van der Waals surface area contributed by atoms with Crippen molar-refractivity contribution in [1.29, 1.82) is 0 Å². The molecule has 0 aromatic heterocycles. The molecule has 1 aliphatic rings. The molecule has 0 bridgehead atoms. The quantitative estimate of drug-likeness (QED) is 0.833. The van der Waals surface area contributed by atoms with Crippen LogP contribution in [0, 0.1) is 0 Å². The Labute approximate surface area is 116 Å². The molecule has 7 heteroatoms. The summed E-state index contributed by atoms with van der Waals surface area (Å²) in [7, 11) is 0. The highest BCUT2D eigenvalue weighted by Crippen LogP contribution is 2.29. The highest BCUT2D eigenvalue weighted by Gasteiger charge is 2.42. The van der Waals surface area contributed by atoms with Crippen LogP contribution < -0.4 is 0 Å². The molecule has 1 aliphatic heterocycles. The molecule has 0 aromatic carbocycles. The highest BCUT2D eigenvalue weighted by molar-refractivity contribution is 8.14. The van der Waals surface area contributed by atoms with Gasteiger partial charge in [0, 0.05) is 18.7 Å². The first-order chi connectivity index (χ1) is 8.60. The van der Waals surface area contributed by atoms with Crippen LogP contribution in [-0.4, -0.2) is 50.6 Å². The second kappa shape index (κ2) is 5.81. The van der Waals surface area contributed by atoms with Crippen LogP contribution in [0.1, 0.15) is 34.1 Å². The first kappa shape index (κ1) is 15.8. The summed E-state index contributed by atoms with van der Waals surface area (Å²) in [5, 5.41) is 8.87. The Kier molecular flexibility index (Phi) is 4.84. The average molecular weight is 289 g/mol. The SMILES string of the molecule is CC(=O)S[C@@H]1C[C@H](C(=O)O)N(C(=O)OC(C)(C)C)C1. The van der Waals surface area contributed by atoms with Crippen molar-refractivity contribution < 1.29 is 24.2 Å². The van der Waals surface area contributed by atoms with Gasteiger partial charge in [-0.2, -0.15) is 0 Å². The Morgan fingerprint density at radius 2 is 1.89 bits per heavy atom. The third-order valence-electron chi connectivity index (χ3n) is 2.51. The molecule has 0 unspecified atom stereocenters. The monoisotopic (exact) mass is 289 g/mol. The van der Waals surface area contributed by atoms with Crippen molar-refractivity contribution in [3.8, 4) is 0 Å². The van der Waals surface area contributed by atoms with Crippen LogP contribution >= 0.6 is 11.8 Å². The summed E-state index contributed by atoms with van der Waals surface area (Å²) in [4.78, 5) is 35.4. The largest absolute Gasteiger partial charge is 0.480 e. The molecule has 0 radical (unpaired) electrons. The van der Waals surface area contributed by atoms with Gasteiger partial charge in [-0.3, -0.25) is 9.69 Å². The van der Waals surface area contributed by atoms with Gasteiger partial charge in [-0.15, -0.1) is 0 Å². The number of carboxylic acids is 1. The van der Waals surface area contributed by atoms with Crippen molar-refractivity contribution in [2.24, 2.45) is 0 Å². The average Bonchev–Trinajstić information content (AvgIpc) is 2.57. The second-order valence-electron chi connectivity index (χ2n) is 5.45. The van der Waals surface area contributed by atoms with E-state index in [1.165, 1.54) is 11.8 Å². The van der Waals surface area contributed by atoms with E-state index in [-0.39, 0.29) is 23.3 Å². The maximum absolute atomic E-state index is 12.0. The van der Waals surface area contributed by atoms with E-state index < -0.39 is 23.7 Å². The van der Waals surface area contributed by atoms with Crippen LogP contribution in [0.25, 0.3) is 0 Å². The number of ether oxygens (including phenoxy) is 1. The van der Waals surface area contributed by atoms with Crippen molar-refractivity contribution in [2.45, 2.75) is 51.0 Å². The molecule has 1 N–H and O–H groups in total. The lowest BCUT2D eigenvalue weighted by atomic mass is 10.2. The molecule has 0 spiro atoms. The summed E-state index contributed by atoms with van der Waals surface area (Å²) in [6.45, 7) is 6.81. The van der Waals surface area contributed by atoms with Gasteiger partial charge in [-0.25, -0.2) is 9.59 Å². The number of hydrogen-bond acceptors (Lipinski definition) is 5. The van der Waals surface area contributed by atoms with E-state index in [9.17, 15) is 14.4 Å². The predicted octanol–water partition coefficient (Wildman–Crippen LogP) is 1.73. The Morgan fingerprint density at radius 3 is 2.32 bits per heavy atom. The molecule has 0 aromatic rings. The number of nitrogens with zero attached hydrogens (tertiary/aromatic N) is 1. The zero-order valence-corrected chi connectivity index (χ0v) is 12.3. The normalized spacial score (nSPS) is 23.3. The number of likely N-dealkylation sites (tertiary alicyclic amines) is 1. The van der Waals surface area contributed by atoms with Crippen molar-refractivity contribution in [3.05, 3.63) is 0 Å². The van der Waals surface area contributed by atoms with Crippen molar-refractivity contribution in [1.82, 2.24) is 4.90 Å². The molecule has 1 amide bonds. The number of carbonyl (C=O) groups excluding carboxylic acids is 2. The van der Waals surface area contributed by atoms with Gasteiger partial charge in [0.05, 0.1) is 0 Å². The fourth-order valence-electron chi connectivity index (χ4n) is 1.87. The van der Waals surface area contributed by atoms with Crippen LogP contribution in [0.15, 0.2) is 0 Å². The van der Waals surface area contributed by atoms with E-state index in [4.69, 9.17) is 9.84 Å². The third-order valence-corrected chi connectivity index (χ3v) is 3.52. The topological polar surface area (TPSA) is 83.9 Å². The maximum atomic E-state index is 12.0. The van der Waals surface area contributed by atoms with Gasteiger partial charge in [-0.05, 0) is 27.2 Å². The minimum absolute atomic E-state index is 0.0832. The van der Waals surface area contributed by atoms with E-state index >= 15 is 0 Å². The molecule has 2 atom stereocenters. The molecule has 108 valence electrons. The Balaban J connectivity index is 2.76. The molecule has 1 rings (SSSR count). The fraction of sp³-hybridized carbons (Fsp3) is 0.750. The molecule has 0 saturated carbocycles. The van der Waals surface area contributed by atoms with Crippen molar-refractivity contribution in [3.63, 3.8) is 0 Å². The first-order valence-corrected chi connectivity index (χ1v) is 6.88. The lowest BCUT2D eigenvalue weighted by molar-refractivity contribution is -0.142. The first-order valence-electron chi connectivity index (χ1n) is 6.00. The van der Waals surface area contributed by atoms with E-state index in [1.807, 2.05) is 0 Å². The molecule has 1 saturated heterocycles. The molecule has 19 heavy (non-hydrogen) atoms. The number of carbonyl (C=O) groups is 3. The van der Waals surface area contributed by atoms with Crippen LogP contribution in [0.4, 0.5) is 4.79 Å². The number of rotatable bonds is 2. The Morgan fingerprint density at radius 1 is 1.32 bits per heavy atom. The molecule has 1 fully saturated rings. The summed E-state index contributed by atoms with van der Waals surface area (Å²) in [5.41, 5.74) is -0.675. The summed E-state index contributed by atoms with van der Waals surface area (Å²) in [6.07, 6.45) is -0.384. The van der Waals surface area contributed by atoms with Gasteiger partial charge in [0.2, 0.25) is 0 Å². The third kappa shape index (κ3) is 4.74. The summed E-state index contributed by atoms with van der Waals surface area (Å²) < 4.78 is 5.18. The molecule has 6 nitrogen and oxygen atoms in total. The Hall–Kier alpha value is -1.24. The number of thioether (sulfide) groups is 1. The summed E-state index contributed by atoms with van der Waals surface area (Å²) in [6, 6.07) is -0.924. The smallest absolute Gasteiger partial charge is 0.411 e. The maximum Gasteiger partial charge on any atom is 0.411 e. The van der Waals surface area contributed by atoms with Crippen LogP contribution in [-0.2, 0) is 14.3 Å². The van der Waals surface area contributed by atoms with Crippen LogP contribution in [0.5, 0.6) is 0 Å².